The molecular weight excluding hydrogens is 330 g/mol. The van der Waals surface area contributed by atoms with Gasteiger partial charge in [-0.25, -0.2) is 9.97 Å². The Morgan fingerprint density at radius 3 is 2.81 bits per heavy atom. The Kier molecular flexibility index (Phi) is 4.28. The van der Waals surface area contributed by atoms with E-state index in [1.165, 1.54) is 6.20 Å². The zero-order valence-electron chi connectivity index (χ0n) is 14.6. The molecule has 1 aliphatic carbocycles. The Labute approximate surface area is 150 Å². The number of H-pyrrole nitrogens is 1. The highest BCUT2D eigenvalue weighted by molar-refractivity contribution is 5.93. The Hall–Kier alpha value is -2.96. The molecule has 7 heteroatoms. The van der Waals surface area contributed by atoms with E-state index in [4.69, 9.17) is 0 Å². The fourth-order valence-electron chi connectivity index (χ4n) is 3.69. The quantitative estimate of drug-likeness (QED) is 0.757. The topological polar surface area (TPSA) is 92.7 Å². The van der Waals surface area contributed by atoms with Crippen molar-refractivity contribution in [3.05, 3.63) is 58.5 Å². The second-order valence-electron chi connectivity index (χ2n) is 6.83. The molecular formula is C19H21N5O2. The number of aromatic amines is 1. The summed E-state index contributed by atoms with van der Waals surface area (Å²) in [4.78, 5) is 35.3. The van der Waals surface area contributed by atoms with Crippen LogP contribution in [0.3, 0.4) is 0 Å². The largest absolute Gasteiger partial charge is 0.349 e. The molecule has 2 N–H and O–H groups in total. The third-order valence-electron chi connectivity index (χ3n) is 5.07. The molecule has 1 amide bonds. The van der Waals surface area contributed by atoms with Crippen LogP contribution in [-0.4, -0.2) is 31.5 Å². The number of rotatable bonds is 3. The van der Waals surface area contributed by atoms with Crippen LogP contribution < -0.4 is 10.9 Å². The Morgan fingerprint density at radius 1 is 1.23 bits per heavy atom. The SMILES string of the molecule is Cc1ncc(C(=O)NC2CCC(n3ccc4cccnc43)CC2)c(=O)[nH]1. The van der Waals surface area contributed by atoms with Gasteiger partial charge in [-0.15, -0.1) is 0 Å². The van der Waals surface area contributed by atoms with Crippen LogP contribution in [0.4, 0.5) is 0 Å². The van der Waals surface area contributed by atoms with Crippen molar-refractivity contribution in [3.8, 4) is 0 Å². The molecule has 134 valence electrons. The van der Waals surface area contributed by atoms with Crippen LogP contribution >= 0.6 is 0 Å². The lowest BCUT2D eigenvalue weighted by Crippen LogP contribution is -2.40. The molecule has 0 radical (unpaired) electrons. The fraction of sp³-hybridized carbons (Fsp3) is 0.368. The Bertz CT molecular complexity index is 998. The van der Waals surface area contributed by atoms with Crippen LogP contribution in [-0.2, 0) is 0 Å². The summed E-state index contributed by atoms with van der Waals surface area (Å²) in [5, 5.41) is 4.12. The predicted octanol–water partition coefficient (Wildman–Crippen LogP) is 2.34. The van der Waals surface area contributed by atoms with Crippen LogP contribution in [0, 0.1) is 6.92 Å². The number of fused-ring (bicyclic) bond motifs is 1. The molecule has 1 fully saturated rings. The maximum Gasteiger partial charge on any atom is 0.263 e. The van der Waals surface area contributed by atoms with Crippen LogP contribution in [0.1, 0.15) is 47.9 Å². The van der Waals surface area contributed by atoms with Crippen molar-refractivity contribution in [2.75, 3.05) is 0 Å². The molecule has 0 unspecified atom stereocenters. The van der Waals surface area contributed by atoms with Crippen LogP contribution in [0.25, 0.3) is 11.0 Å². The molecule has 7 nitrogen and oxygen atoms in total. The maximum absolute atomic E-state index is 12.3. The summed E-state index contributed by atoms with van der Waals surface area (Å²) in [6.07, 6.45) is 8.94. The van der Waals surface area contributed by atoms with E-state index in [0.717, 1.165) is 36.7 Å². The molecule has 0 saturated heterocycles. The molecule has 0 aromatic carbocycles. The van der Waals surface area contributed by atoms with Crippen molar-refractivity contribution in [1.82, 2.24) is 24.8 Å². The van der Waals surface area contributed by atoms with E-state index in [2.05, 4.69) is 43.2 Å². The minimum atomic E-state index is -0.395. The van der Waals surface area contributed by atoms with Gasteiger partial charge in [0.15, 0.2) is 0 Å². The average molecular weight is 351 g/mol. The number of hydrogen-bond acceptors (Lipinski definition) is 4. The summed E-state index contributed by atoms with van der Waals surface area (Å²) in [6, 6.07) is 6.57. The highest BCUT2D eigenvalue weighted by Gasteiger charge is 2.25. The zero-order valence-corrected chi connectivity index (χ0v) is 14.6. The molecule has 4 rings (SSSR count). The number of aryl methyl sites for hydroxylation is 1. The van der Waals surface area contributed by atoms with Crippen molar-refractivity contribution in [1.29, 1.82) is 0 Å². The lowest BCUT2D eigenvalue weighted by Gasteiger charge is -2.30. The van der Waals surface area contributed by atoms with Crippen molar-refractivity contribution in [2.45, 2.75) is 44.7 Å². The summed E-state index contributed by atoms with van der Waals surface area (Å²) < 4.78 is 2.24. The number of carbonyl (C=O) groups excluding carboxylic acids is 1. The van der Waals surface area contributed by atoms with Gasteiger partial charge in [-0.2, -0.15) is 0 Å². The van der Waals surface area contributed by atoms with E-state index in [1.807, 2.05) is 12.3 Å². The van der Waals surface area contributed by atoms with Crippen LogP contribution in [0.2, 0.25) is 0 Å². The summed E-state index contributed by atoms with van der Waals surface area (Å²) >= 11 is 0. The molecule has 0 aliphatic heterocycles. The lowest BCUT2D eigenvalue weighted by molar-refractivity contribution is 0.0920. The third kappa shape index (κ3) is 3.12. The Morgan fingerprint density at radius 2 is 2.04 bits per heavy atom. The minimum absolute atomic E-state index is 0.0679. The third-order valence-corrected chi connectivity index (χ3v) is 5.07. The van der Waals surface area contributed by atoms with Crippen LogP contribution in [0.15, 0.2) is 41.6 Å². The fourth-order valence-corrected chi connectivity index (χ4v) is 3.69. The molecule has 1 aliphatic rings. The van der Waals surface area contributed by atoms with Gasteiger partial charge in [-0.1, -0.05) is 0 Å². The van der Waals surface area contributed by atoms with Crippen molar-refractivity contribution in [2.24, 2.45) is 0 Å². The second kappa shape index (κ2) is 6.74. The summed E-state index contributed by atoms with van der Waals surface area (Å²) in [5.41, 5.74) is 0.684. The van der Waals surface area contributed by atoms with Gasteiger partial charge in [0, 0.05) is 36.1 Å². The van der Waals surface area contributed by atoms with Gasteiger partial charge in [0.2, 0.25) is 0 Å². The van der Waals surface area contributed by atoms with Gasteiger partial charge in [0.05, 0.1) is 0 Å². The first-order chi connectivity index (χ1) is 12.6. The number of nitrogens with one attached hydrogen (secondary N) is 2. The molecule has 3 heterocycles. The number of aromatic nitrogens is 4. The van der Waals surface area contributed by atoms with Crippen LogP contribution in [0.5, 0.6) is 0 Å². The maximum atomic E-state index is 12.3. The van der Waals surface area contributed by atoms with E-state index >= 15 is 0 Å². The molecule has 1 saturated carbocycles. The van der Waals surface area contributed by atoms with E-state index in [9.17, 15) is 9.59 Å². The van der Waals surface area contributed by atoms with Gasteiger partial charge < -0.3 is 14.9 Å². The van der Waals surface area contributed by atoms with E-state index in [-0.39, 0.29) is 17.5 Å². The van der Waals surface area contributed by atoms with Gasteiger partial charge >= 0.3 is 0 Å². The van der Waals surface area contributed by atoms with Gasteiger partial charge in [0.1, 0.15) is 17.0 Å². The highest BCUT2D eigenvalue weighted by Crippen LogP contribution is 2.31. The summed E-state index contributed by atoms with van der Waals surface area (Å²) in [5.74, 6) is 0.148. The van der Waals surface area contributed by atoms with E-state index in [0.29, 0.717) is 11.9 Å². The normalized spacial score (nSPS) is 20.2. The number of pyridine rings is 1. The first kappa shape index (κ1) is 16.5. The standard InChI is InChI=1S/C19H21N5O2/c1-12-21-11-16(18(25)22-12)19(26)23-14-4-6-15(7-5-14)24-10-8-13-3-2-9-20-17(13)24/h2-3,8-11,14-15H,4-7H2,1H3,(H,23,26)(H,21,22,25). The lowest BCUT2D eigenvalue weighted by atomic mass is 9.91. The first-order valence-electron chi connectivity index (χ1n) is 8.90. The van der Waals surface area contributed by atoms with Crippen molar-refractivity contribution >= 4 is 16.9 Å². The highest BCUT2D eigenvalue weighted by atomic mass is 16.2. The zero-order chi connectivity index (χ0) is 18.1. The monoisotopic (exact) mass is 351 g/mol. The molecule has 0 bridgehead atoms. The summed E-state index contributed by atoms with van der Waals surface area (Å²) in [7, 11) is 0. The second-order valence-corrected chi connectivity index (χ2v) is 6.83. The first-order valence-corrected chi connectivity index (χ1v) is 8.90. The molecule has 26 heavy (non-hydrogen) atoms. The summed E-state index contributed by atoms with van der Waals surface area (Å²) in [6.45, 7) is 1.68. The minimum Gasteiger partial charge on any atom is -0.349 e. The number of amides is 1. The van der Waals surface area contributed by atoms with Crippen molar-refractivity contribution < 1.29 is 4.79 Å². The smallest absolute Gasteiger partial charge is 0.263 e. The number of carbonyl (C=O) groups is 1. The van der Waals surface area contributed by atoms with Gasteiger partial charge in [0.25, 0.3) is 11.5 Å². The van der Waals surface area contributed by atoms with Crippen molar-refractivity contribution in [3.63, 3.8) is 0 Å². The van der Waals surface area contributed by atoms with E-state index in [1.54, 1.807) is 6.92 Å². The number of nitrogens with zero attached hydrogens (tertiary/aromatic N) is 3. The molecule has 0 atom stereocenters. The Balaban J connectivity index is 1.41. The average Bonchev–Trinajstić information content (AvgIpc) is 3.06. The predicted molar refractivity (Wildman–Crippen MR) is 98.1 cm³/mol. The van der Waals surface area contributed by atoms with E-state index < -0.39 is 5.56 Å². The van der Waals surface area contributed by atoms with Gasteiger partial charge in [-0.3, -0.25) is 9.59 Å². The molecule has 3 aromatic heterocycles. The van der Waals surface area contributed by atoms with Gasteiger partial charge in [-0.05, 0) is 50.8 Å². The number of hydrogen-bond donors (Lipinski definition) is 2. The molecule has 3 aromatic rings. The molecule has 0 spiro atoms.